The molecule has 0 spiro atoms. The fourth-order valence-electron chi connectivity index (χ4n) is 2.95. The quantitative estimate of drug-likeness (QED) is 0.282. The van der Waals surface area contributed by atoms with Crippen molar-refractivity contribution in [1.82, 2.24) is 5.32 Å². The lowest BCUT2D eigenvalue weighted by atomic mass is 10.1. The molecule has 0 aliphatic heterocycles. The fourth-order valence-corrected chi connectivity index (χ4v) is 4.40. The van der Waals surface area contributed by atoms with Gasteiger partial charge in [0.25, 0.3) is 5.91 Å². The number of nitrogens with one attached hydrogen (secondary N) is 1. The Hall–Kier alpha value is -2.88. The fraction of sp³-hybridized carbons (Fsp3) is 0.120. The van der Waals surface area contributed by atoms with Crippen molar-refractivity contribution < 1.29 is 9.53 Å². The molecule has 0 bridgehead atoms. The van der Waals surface area contributed by atoms with E-state index < -0.39 is 5.91 Å². The summed E-state index contributed by atoms with van der Waals surface area (Å²) in [5.41, 5.74) is 3.95. The average Bonchev–Trinajstić information content (AvgIpc) is 2.76. The highest BCUT2D eigenvalue weighted by Gasteiger charge is 2.12. The summed E-state index contributed by atoms with van der Waals surface area (Å²) in [4.78, 5) is 12.4. The van der Waals surface area contributed by atoms with Crippen molar-refractivity contribution >= 4 is 43.8 Å². The molecule has 0 aliphatic rings. The van der Waals surface area contributed by atoms with E-state index in [0.29, 0.717) is 24.5 Å². The van der Waals surface area contributed by atoms with E-state index in [1.165, 1.54) is 5.56 Å². The molecular formula is C25H20Br2N2O2. The summed E-state index contributed by atoms with van der Waals surface area (Å²) < 4.78 is 7.42. The van der Waals surface area contributed by atoms with Gasteiger partial charge in [-0.25, -0.2) is 0 Å². The second kappa shape index (κ2) is 10.9. The molecule has 3 aromatic carbocycles. The zero-order valence-electron chi connectivity index (χ0n) is 16.9. The van der Waals surface area contributed by atoms with Gasteiger partial charge >= 0.3 is 0 Å². The Balaban J connectivity index is 1.71. The van der Waals surface area contributed by atoms with Gasteiger partial charge in [0.1, 0.15) is 24.0 Å². The van der Waals surface area contributed by atoms with Crippen LogP contribution >= 0.6 is 31.9 Å². The maximum Gasteiger partial charge on any atom is 0.262 e. The van der Waals surface area contributed by atoms with Gasteiger partial charge < -0.3 is 10.1 Å². The number of nitriles is 1. The molecule has 0 aromatic heterocycles. The molecule has 4 nitrogen and oxygen atoms in total. The Kier molecular flexibility index (Phi) is 8.05. The van der Waals surface area contributed by atoms with Crippen molar-refractivity contribution in [2.45, 2.75) is 20.1 Å². The highest BCUT2D eigenvalue weighted by Crippen LogP contribution is 2.36. The summed E-state index contributed by atoms with van der Waals surface area (Å²) in [6.45, 7) is 2.83. The van der Waals surface area contributed by atoms with Crippen LogP contribution in [0, 0.1) is 18.3 Å². The zero-order valence-corrected chi connectivity index (χ0v) is 20.0. The van der Waals surface area contributed by atoms with Crippen molar-refractivity contribution in [1.29, 1.82) is 5.26 Å². The summed E-state index contributed by atoms with van der Waals surface area (Å²) in [5.74, 6) is 0.240. The Morgan fingerprint density at radius 3 is 2.35 bits per heavy atom. The van der Waals surface area contributed by atoms with Crippen LogP contribution in [0.15, 0.2) is 81.2 Å². The normalized spacial score (nSPS) is 11.0. The lowest BCUT2D eigenvalue weighted by Gasteiger charge is -2.12. The van der Waals surface area contributed by atoms with E-state index in [0.717, 1.165) is 20.1 Å². The van der Waals surface area contributed by atoms with Gasteiger partial charge in [0.05, 0.1) is 8.95 Å². The molecule has 3 rings (SSSR count). The first kappa shape index (κ1) is 22.8. The molecule has 3 aromatic rings. The minimum absolute atomic E-state index is 0.0307. The largest absolute Gasteiger partial charge is 0.487 e. The standard InChI is InChI=1S/C25H20Br2N2O2/c1-17-6-5-9-19(10-17)16-31-24-22(26)12-20(13-23(24)27)11-21(14-28)25(30)29-15-18-7-3-2-4-8-18/h2-13H,15-16H2,1H3,(H,29,30)/b21-11-. The van der Waals surface area contributed by atoms with Gasteiger partial charge in [-0.3, -0.25) is 4.79 Å². The van der Waals surface area contributed by atoms with Crippen molar-refractivity contribution in [3.05, 3.63) is 104 Å². The maximum atomic E-state index is 12.4. The summed E-state index contributed by atoms with van der Waals surface area (Å²) in [5, 5.41) is 12.2. The van der Waals surface area contributed by atoms with Gasteiger partial charge in [-0.2, -0.15) is 5.26 Å². The van der Waals surface area contributed by atoms with Gasteiger partial charge in [0.15, 0.2) is 0 Å². The zero-order chi connectivity index (χ0) is 22.2. The minimum atomic E-state index is -0.418. The lowest BCUT2D eigenvalue weighted by molar-refractivity contribution is -0.117. The molecule has 0 unspecified atom stereocenters. The summed E-state index contributed by atoms with van der Waals surface area (Å²) in [6, 6.07) is 23.3. The predicted octanol–water partition coefficient (Wildman–Crippen LogP) is 6.32. The highest BCUT2D eigenvalue weighted by molar-refractivity contribution is 9.11. The number of amides is 1. The van der Waals surface area contributed by atoms with Crippen LogP contribution in [0.2, 0.25) is 0 Å². The topological polar surface area (TPSA) is 62.1 Å². The number of aryl methyl sites for hydroxylation is 1. The van der Waals surface area contributed by atoms with E-state index in [4.69, 9.17) is 4.74 Å². The molecular weight excluding hydrogens is 520 g/mol. The molecule has 0 saturated heterocycles. The summed E-state index contributed by atoms with van der Waals surface area (Å²) in [6.07, 6.45) is 1.56. The SMILES string of the molecule is Cc1cccc(COc2c(Br)cc(/C=C(/C#N)C(=O)NCc3ccccc3)cc2Br)c1. The van der Waals surface area contributed by atoms with Gasteiger partial charge in [0, 0.05) is 6.54 Å². The van der Waals surface area contributed by atoms with Crippen molar-refractivity contribution in [3.8, 4) is 11.8 Å². The van der Waals surface area contributed by atoms with E-state index in [1.807, 2.05) is 73.7 Å². The van der Waals surface area contributed by atoms with Gasteiger partial charge in [0.2, 0.25) is 0 Å². The van der Waals surface area contributed by atoms with Gasteiger partial charge in [-0.1, -0.05) is 60.2 Å². The molecule has 31 heavy (non-hydrogen) atoms. The molecule has 0 fully saturated rings. The van der Waals surface area contributed by atoms with E-state index in [2.05, 4.69) is 43.2 Å². The molecule has 0 aliphatic carbocycles. The molecule has 0 radical (unpaired) electrons. The number of ether oxygens (including phenoxy) is 1. The first-order chi connectivity index (χ1) is 15.0. The Labute approximate surface area is 198 Å². The molecule has 156 valence electrons. The Morgan fingerprint density at radius 1 is 1.03 bits per heavy atom. The smallest absolute Gasteiger partial charge is 0.262 e. The van der Waals surface area contributed by atoms with Crippen molar-refractivity contribution in [2.24, 2.45) is 0 Å². The van der Waals surface area contributed by atoms with Crippen LogP contribution in [-0.4, -0.2) is 5.91 Å². The van der Waals surface area contributed by atoms with Crippen LogP contribution in [0.3, 0.4) is 0 Å². The van der Waals surface area contributed by atoms with Crippen molar-refractivity contribution in [3.63, 3.8) is 0 Å². The van der Waals surface area contributed by atoms with Crippen LogP contribution < -0.4 is 10.1 Å². The monoisotopic (exact) mass is 538 g/mol. The van der Waals surface area contributed by atoms with Crippen LogP contribution in [0.1, 0.15) is 22.3 Å². The Bertz CT molecular complexity index is 1130. The van der Waals surface area contributed by atoms with Crippen LogP contribution in [0.4, 0.5) is 0 Å². The third-order valence-electron chi connectivity index (χ3n) is 4.46. The molecule has 1 N–H and O–H groups in total. The maximum absolute atomic E-state index is 12.4. The Morgan fingerprint density at radius 2 is 1.71 bits per heavy atom. The van der Waals surface area contributed by atoms with Crippen molar-refractivity contribution in [2.75, 3.05) is 0 Å². The number of halogens is 2. The lowest BCUT2D eigenvalue weighted by Crippen LogP contribution is -2.23. The summed E-state index contributed by atoms with van der Waals surface area (Å²) in [7, 11) is 0. The second-order valence-corrected chi connectivity index (χ2v) is 8.64. The highest BCUT2D eigenvalue weighted by atomic mass is 79.9. The van der Waals surface area contributed by atoms with E-state index in [-0.39, 0.29) is 5.57 Å². The number of benzene rings is 3. The number of carbonyl (C=O) groups is 1. The van der Waals surface area contributed by atoms with Gasteiger partial charge in [-0.15, -0.1) is 0 Å². The second-order valence-electron chi connectivity index (χ2n) is 6.93. The van der Waals surface area contributed by atoms with Crippen LogP contribution in [0.25, 0.3) is 6.08 Å². The average molecular weight is 540 g/mol. The minimum Gasteiger partial charge on any atom is -0.487 e. The number of rotatable bonds is 7. The summed E-state index contributed by atoms with van der Waals surface area (Å²) >= 11 is 7.06. The number of hydrogen-bond donors (Lipinski definition) is 1. The van der Waals surface area contributed by atoms with E-state index in [9.17, 15) is 10.1 Å². The molecule has 0 saturated carbocycles. The predicted molar refractivity (Wildman–Crippen MR) is 129 cm³/mol. The van der Waals surface area contributed by atoms with Gasteiger partial charge in [-0.05, 0) is 73.7 Å². The molecule has 0 heterocycles. The molecule has 6 heteroatoms. The van der Waals surface area contributed by atoms with E-state index in [1.54, 1.807) is 6.08 Å². The van der Waals surface area contributed by atoms with Crippen LogP contribution in [-0.2, 0) is 17.9 Å². The number of carbonyl (C=O) groups excluding carboxylic acids is 1. The third kappa shape index (κ3) is 6.55. The van der Waals surface area contributed by atoms with Crippen LogP contribution in [0.5, 0.6) is 5.75 Å². The molecule has 0 atom stereocenters. The first-order valence-electron chi connectivity index (χ1n) is 9.57. The number of hydrogen-bond acceptors (Lipinski definition) is 3. The first-order valence-corrected chi connectivity index (χ1v) is 11.2. The number of nitrogens with zero attached hydrogens (tertiary/aromatic N) is 1. The van der Waals surface area contributed by atoms with E-state index >= 15 is 0 Å². The molecule has 1 amide bonds. The third-order valence-corrected chi connectivity index (χ3v) is 5.64.